The van der Waals surface area contributed by atoms with Crippen molar-refractivity contribution in [2.45, 2.75) is 19.4 Å². The zero-order valence-electron chi connectivity index (χ0n) is 16.4. The number of nitrogens with zero attached hydrogens (tertiary/aromatic N) is 3. The average Bonchev–Trinajstić information content (AvgIpc) is 2.75. The Balaban J connectivity index is 1.44. The molecule has 0 aliphatic carbocycles. The second-order valence-electron chi connectivity index (χ2n) is 7.14. The smallest absolute Gasteiger partial charge is 0.226 e. The van der Waals surface area contributed by atoms with Crippen molar-refractivity contribution in [3.05, 3.63) is 59.9 Å². The molecule has 3 heterocycles. The normalized spacial score (nSPS) is 18.3. The summed E-state index contributed by atoms with van der Waals surface area (Å²) >= 11 is 0. The molecule has 1 aromatic carbocycles. The number of hydrogen-bond donors (Lipinski definition) is 1. The molecule has 1 N–H and O–H groups in total. The molecule has 0 unspecified atom stereocenters. The number of rotatable bonds is 4. The summed E-state index contributed by atoms with van der Waals surface area (Å²) in [6, 6.07) is 11.3. The number of ether oxygens (including phenoxy) is 1. The van der Waals surface area contributed by atoms with Gasteiger partial charge in [-0.25, -0.2) is 4.98 Å². The first-order valence-electron chi connectivity index (χ1n) is 9.76. The van der Waals surface area contributed by atoms with Crippen LogP contribution in [0.2, 0.25) is 0 Å². The van der Waals surface area contributed by atoms with Gasteiger partial charge in [-0.15, -0.1) is 0 Å². The lowest BCUT2D eigenvalue weighted by molar-refractivity contribution is -0.129. The zero-order valence-corrected chi connectivity index (χ0v) is 16.4. The van der Waals surface area contributed by atoms with Gasteiger partial charge in [-0.05, 0) is 29.3 Å². The van der Waals surface area contributed by atoms with Crippen LogP contribution in [0, 0.1) is 0 Å². The number of benzene rings is 1. The second kappa shape index (κ2) is 8.45. The van der Waals surface area contributed by atoms with Crippen molar-refractivity contribution < 1.29 is 14.3 Å². The van der Waals surface area contributed by atoms with E-state index in [2.05, 4.69) is 15.2 Å². The van der Waals surface area contributed by atoms with Gasteiger partial charge in [0.1, 0.15) is 5.82 Å². The molecule has 0 spiro atoms. The van der Waals surface area contributed by atoms with E-state index in [1.807, 2.05) is 42.5 Å². The van der Waals surface area contributed by atoms with Gasteiger partial charge in [-0.2, -0.15) is 0 Å². The van der Waals surface area contributed by atoms with Crippen LogP contribution in [-0.2, 0) is 14.3 Å². The Labute approximate surface area is 170 Å². The van der Waals surface area contributed by atoms with Crippen LogP contribution in [0.15, 0.2) is 48.8 Å². The van der Waals surface area contributed by atoms with Crippen molar-refractivity contribution in [3.8, 4) is 0 Å². The minimum absolute atomic E-state index is 0.0925. The molecule has 2 aliphatic heterocycles. The predicted octanol–water partition coefficient (Wildman–Crippen LogP) is 2.82. The standard InChI is InChI=1S/C22H24N4O3/c1-16(27)26-9-8-17-4-2-3-5-19(17)20(26)14-22(28)24-18-6-7-21(23-15-18)25-10-12-29-13-11-25/h2-9,15,20H,10-14H2,1H3,(H,24,28)/t20-/m0/s1. The quantitative estimate of drug-likeness (QED) is 0.866. The summed E-state index contributed by atoms with van der Waals surface area (Å²) in [5.74, 6) is 0.623. The first-order chi connectivity index (χ1) is 14.1. The van der Waals surface area contributed by atoms with E-state index in [-0.39, 0.29) is 24.3 Å². The van der Waals surface area contributed by atoms with Gasteiger partial charge in [0.25, 0.3) is 0 Å². The van der Waals surface area contributed by atoms with E-state index in [0.717, 1.165) is 30.0 Å². The number of amides is 2. The highest BCUT2D eigenvalue weighted by Crippen LogP contribution is 2.33. The molecule has 1 atom stereocenters. The van der Waals surface area contributed by atoms with Crippen molar-refractivity contribution >= 4 is 29.4 Å². The number of fused-ring (bicyclic) bond motifs is 1. The number of carbonyl (C=O) groups excluding carboxylic acids is 2. The van der Waals surface area contributed by atoms with Crippen molar-refractivity contribution in [1.29, 1.82) is 0 Å². The molecule has 4 rings (SSSR count). The zero-order chi connectivity index (χ0) is 20.2. The first kappa shape index (κ1) is 19.1. The third-order valence-corrected chi connectivity index (χ3v) is 5.21. The summed E-state index contributed by atoms with van der Waals surface area (Å²) < 4.78 is 5.36. The Morgan fingerprint density at radius 2 is 1.97 bits per heavy atom. The lowest BCUT2D eigenvalue weighted by Crippen LogP contribution is -2.36. The highest BCUT2D eigenvalue weighted by molar-refractivity contribution is 5.92. The largest absolute Gasteiger partial charge is 0.378 e. The highest BCUT2D eigenvalue weighted by Gasteiger charge is 2.28. The third kappa shape index (κ3) is 4.30. The van der Waals surface area contributed by atoms with Gasteiger partial charge in [0.05, 0.1) is 37.6 Å². The van der Waals surface area contributed by atoms with E-state index in [0.29, 0.717) is 18.9 Å². The SMILES string of the molecule is CC(=O)N1C=Cc2ccccc2[C@@H]1CC(=O)Nc1ccc(N2CCOCC2)nc1. The molecule has 2 aliphatic rings. The maximum atomic E-state index is 12.7. The summed E-state index contributed by atoms with van der Waals surface area (Å²) in [4.78, 5) is 33.0. The van der Waals surface area contributed by atoms with Crippen molar-refractivity contribution in [3.63, 3.8) is 0 Å². The Bertz CT molecular complexity index is 920. The van der Waals surface area contributed by atoms with Gasteiger partial charge in [0.2, 0.25) is 11.8 Å². The van der Waals surface area contributed by atoms with Gasteiger partial charge < -0.3 is 19.9 Å². The molecular formula is C22H24N4O3. The molecule has 7 nitrogen and oxygen atoms in total. The summed E-state index contributed by atoms with van der Waals surface area (Å²) in [5.41, 5.74) is 2.64. The number of morpholine rings is 1. The number of carbonyl (C=O) groups is 2. The first-order valence-corrected chi connectivity index (χ1v) is 9.76. The van der Waals surface area contributed by atoms with Gasteiger partial charge in [0, 0.05) is 26.2 Å². The van der Waals surface area contributed by atoms with E-state index < -0.39 is 0 Å². The summed E-state index contributed by atoms with van der Waals surface area (Å²) in [5, 5.41) is 2.90. The molecule has 2 amide bonds. The van der Waals surface area contributed by atoms with Crippen LogP contribution in [0.25, 0.3) is 6.08 Å². The van der Waals surface area contributed by atoms with E-state index in [1.54, 1.807) is 17.3 Å². The fourth-order valence-corrected chi connectivity index (χ4v) is 3.74. The monoisotopic (exact) mass is 392 g/mol. The molecule has 1 fully saturated rings. The van der Waals surface area contributed by atoms with Crippen LogP contribution in [0.5, 0.6) is 0 Å². The number of nitrogens with one attached hydrogen (secondary N) is 1. The Morgan fingerprint density at radius 3 is 2.69 bits per heavy atom. The number of pyridine rings is 1. The van der Waals surface area contributed by atoms with Gasteiger partial charge >= 0.3 is 0 Å². The third-order valence-electron chi connectivity index (χ3n) is 5.21. The molecule has 29 heavy (non-hydrogen) atoms. The molecule has 150 valence electrons. The van der Waals surface area contributed by atoms with Crippen LogP contribution < -0.4 is 10.2 Å². The van der Waals surface area contributed by atoms with Crippen LogP contribution in [0.4, 0.5) is 11.5 Å². The molecule has 2 aromatic rings. The van der Waals surface area contributed by atoms with Crippen LogP contribution in [-0.4, -0.2) is 48.0 Å². The minimum atomic E-state index is -0.325. The molecular weight excluding hydrogens is 368 g/mol. The van der Waals surface area contributed by atoms with Crippen LogP contribution in [0.3, 0.4) is 0 Å². The predicted molar refractivity (Wildman–Crippen MR) is 111 cm³/mol. The average molecular weight is 392 g/mol. The number of anilines is 2. The van der Waals surface area contributed by atoms with Crippen molar-refractivity contribution in [2.24, 2.45) is 0 Å². The van der Waals surface area contributed by atoms with Crippen molar-refractivity contribution in [2.75, 3.05) is 36.5 Å². The highest BCUT2D eigenvalue weighted by atomic mass is 16.5. The fourth-order valence-electron chi connectivity index (χ4n) is 3.74. The van der Waals surface area contributed by atoms with E-state index >= 15 is 0 Å². The molecule has 0 saturated carbocycles. The number of hydrogen-bond acceptors (Lipinski definition) is 5. The lowest BCUT2D eigenvalue weighted by Gasteiger charge is -2.32. The maximum absolute atomic E-state index is 12.7. The number of aromatic nitrogens is 1. The van der Waals surface area contributed by atoms with Gasteiger partial charge in [0.15, 0.2) is 0 Å². The molecule has 1 saturated heterocycles. The second-order valence-corrected chi connectivity index (χ2v) is 7.14. The molecule has 1 aromatic heterocycles. The summed E-state index contributed by atoms with van der Waals surface area (Å²) in [6.07, 6.45) is 5.49. The van der Waals surface area contributed by atoms with E-state index in [9.17, 15) is 9.59 Å². The maximum Gasteiger partial charge on any atom is 0.226 e. The summed E-state index contributed by atoms with van der Waals surface area (Å²) in [7, 11) is 0. The molecule has 7 heteroatoms. The van der Waals surface area contributed by atoms with Gasteiger partial charge in [-0.3, -0.25) is 9.59 Å². The summed E-state index contributed by atoms with van der Waals surface area (Å²) in [6.45, 7) is 4.54. The molecule has 0 bridgehead atoms. The fraction of sp³-hybridized carbons (Fsp3) is 0.318. The van der Waals surface area contributed by atoms with Gasteiger partial charge in [-0.1, -0.05) is 24.3 Å². The van der Waals surface area contributed by atoms with Crippen LogP contribution in [0.1, 0.15) is 30.5 Å². The van der Waals surface area contributed by atoms with E-state index in [4.69, 9.17) is 4.74 Å². The lowest BCUT2D eigenvalue weighted by atomic mass is 9.93. The molecule has 0 radical (unpaired) electrons. The topological polar surface area (TPSA) is 74.8 Å². The van der Waals surface area contributed by atoms with Crippen LogP contribution >= 0.6 is 0 Å². The Morgan fingerprint density at radius 1 is 1.17 bits per heavy atom. The minimum Gasteiger partial charge on any atom is -0.378 e. The van der Waals surface area contributed by atoms with E-state index in [1.165, 1.54) is 6.92 Å². The Kier molecular flexibility index (Phi) is 5.57. The van der Waals surface area contributed by atoms with Crippen molar-refractivity contribution in [1.82, 2.24) is 9.88 Å². The Hall–Kier alpha value is -3.19.